The van der Waals surface area contributed by atoms with Crippen LogP contribution in [0.25, 0.3) is 0 Å². The van der Waals surface area contributed by atoms with Crippen molar-refractivity contribution in [2.45, 2.75) is 74.0 Å². The van der Waals surface area contributed by atoms with Gasteiger partial charge >= 0.3 is 5.97 Å². The number of likely N-dealkylation sites (tertiary alicyclic amines) is 1. The van der Waals surface area contributed by atoms with Crippen LogP contribution < -0.4 is 4.90 Å². The van der Waals surface area contributed by atoms with E-state index in [1.165, 1.54) is 0 Å². The molecule has 3 saturated heterocycles. The van der Waals surface area contributed by atoms with E-state index < -0.39 is 33.4 Å². The number of nitrogens with zero attached hydrogens (tertiary/aromatic N) is 2. The maximum atomic E-state index is 15.1. The number of fused-ring (bicyclic) bond motifs is 1. The number of halogens is 1. The zero-order chi connectivity index (χ0) is 32.4. The minimum Gasteiger partial charge on any atom is -0.465 e. The van der Waals surface area contributed by atoms with E-state index in [1.54, 1.807) is 33.7 Å². The van der Waals surface area contributed by atoms with Crippen molar-refractivity contribution in [2.24, 2.45) is 11.8 Å². The number of thioether (sulfide) groups is 1. The number of hydrogen-bond acceptors (Lipinski definition) is 6. The number of hydrogen-bond donors (Lipinski definition) is 1. The lowest BCUT2D eigenvalue weighted by Gasteiger charge is -2.40. The summed E-state index contributed by atoms with van der Waals surface area (Å²) in [6.45, 7) is 11.7. The lowest BCUT2D eigenvalue weighted by Crippen LogP contribution is -2.58. The third-order valence-electron chi connectivity index (χ3n) is 9.70. The van der Waals surface area contributed by atoms with Crippen LogP contribution in [-0.4, -0.2) is 69.1 Å². The molecule has 2 unspecified atom stereocenters. The van der Waals surface area contributed by atoms with E-state index in [1.807, 2.05) is 62.4 Å². The Hall–Kier alpha value is -3.07. The van der Waals surface area contributed by atoms with E-state index in [0.29, 0.717) is 36.4 Å². The molecule has 3 aliphatic heterocycles. The van der Waals surface area contributed by atoms with Crippen molar-refractivity contribution in [1.29, 1.82) is 0 Å². The minimum atomic E-state index is -0.927. The predicted octanol–water partition coefficient (Wildman–Crippen LogP) is 6.15. The summed E-state index contributed by atoms with van der Waals surface area (Å²) >= 11 is 8.30. The normalized spacial score (nSPS) is 27.2. The van der Waals surface area contributed by atoms with Crippen LogP contribution in [0.4, 0.5) is 5.69 Å². The van der Waals surface area contributed by atoms with E-state index in [2.05, 4.69) is 13.2 Å². The molecule has 2 aromatic rings. The standard InChI is InChI=1S/C36H43ClN2O5S/c1-5-7-8-12-21-44-34(43)29-28-32(41)39(26(23-40)22-25-15-10-9-11-16-25)31(36(28)19-18-35(29,4)45-36)33(42)38(20-6-2)30-24(3)14-13-17-27(30)37/h5-6,9-11,13-17,26,28-29,31,40H,1-2,7-8,12,18-23H2,3-4H3/t26-,28+,29-,31?,35+,36?/m1/s1. The number of unbranched alkanes of at least 4 members (excludes halogenated alkanes) is 2. The van der Waals surface area contributed by atoms with Gasteiger partial charge in [-0.3, -0.25) is 14.4 Å². The highest BCUT2D eigenvalue weighted by Crippen LogP contribution is 2.72. The number of para-hydroxylation sites is 1. The molecule has 1 spiro atoms. The van der Waals surface area contributed by atoms with Gasteiger partial charge in [-0.05, 0) is 69.6 Å². The van der Waals surface area contributed by atoms with Gasteiger partial charge in [-0.1, -0.05) is 66.2 Å². The summed E-state index contributed by atoms with van der Waals surface area (Å²) in [4.78, 5) is 46.9. The van der Waals surface area contributed by atoms with Gasteiger partial charge in [0.15, 0.2) is 0 Å². The quantitative estimate of drug-likeness (QED) is 0.150. The van der Waals surface area contributed by atoms with Gasteiger partial charge in [0.2, 0.25) is 5.91 Å². The SMILES string of the molecule is C=CCCCCOC(=O)[C@H]1[C@H]2C(=O)N([C@@H](CO)Cc3ccccc3)C(C(=O)N(CC=C)c3c(C)cccc3Cl)C23CC[C@]1(C)S3. The summed E-state index contributed by atoms with van der Waals surface area (Å²) < 4.78 is 4.39. The second kappa shape index (κ2) is 13.7. The van der Waals surface area contributed by atoms with Crippen LogP contribution in [0.2, 0.25) is 5.02 Å². The molecule has 2 bridgehead atoms. The highest BCUT2D eigenvalue weighted by molar-refractivity contribution is 8.02. The lowest BCUT2D eigenvalue weighted by molar-refractivity contribution is -0.156. The van der Waals surface area contributed by atoms with Crippen LogP contribution >= 0.6 is 23.4 Å². The molecule has 45 heavy (non-hydrogen) atoms. The van der Waals surface area contributed by atoms with Gasteiger partial charge in [-0.2, -0.15) is 0 Å². The van der Waals surface area contributed by atoms with Gasteiger partial charge in [0, 0.05) is 11.3 Å². The van der Waals surface area contributed by atoms with Crippen molar-refractivity contribution in [1.82, 2.24) is 4.90 Å². The third-order valence-corrected chi connectivity index (χ3v) is 12.0. The number of benzene rings is 2. The molecular formula is C36H43ClN2O5S. The zero-order valence-corrected chi connectivity index (χ0v) is 27.7. The Morgan fingerprint density at radius 2 is 1.91 bits per heavy atom. The minimum absolute atomic E-state index is 0.184. The van der Waals surface area contributed by atoms with Gasteiger partial charge in [0.25, 0.3) is 5.91 Å². The molecule has 0 aliphatic carbocycles. The maximum absolute atomic E-state index is 15.1. The van der Waals surface area contributed by atoms with Crippen LogP contribution in [0, 0.1) is 18.8 Å². The fraction of sp³-hybridized carbons (Fsp3) is 0.472. The number of aliphatic hydroxyl groups is 1. The number of aryl methyl sites for hydroxylation is 1. The molecule has 5 rings (SSSR count). The fourth-order valence-corrected chi connectivity index (χ4v) is 10.4. The zero-order valence-electron chi connectivity index (χ0n) is 26.1. The molecule has 3 fully saturated rings. The van der Waals surface area contributed by atoms with Gasteiger partial charge in [0.05, 0.1) is 46.5 Å². The Labute approximate surface area is 275 Å². The van der Waals surface area contributed by atoms with Crippen LogP contribution in [0.1, 0.15) is 50.2 Å². The van der Waals surface area contributed by atoms with E-state index in [4.69, 9.17) is 16.3 Å². The summed E-state index contributed by atoms with van der Waals surface area (Å²) in [5.74, 6) is -2.40. The van der Waals surface area contributed by atoms with E-state index in [0.717, 1.165) is 24.0 Å². The second-order valence-corrected chi connectivity index (χ2v) is 14.9. The van der Waals surface area contributed by atoms with Gasteiger partial charge < -0.3 is 19.6 Å². The lowest BCUT2D eigenvalue weighted by atomic mass is 9.66. The van der Waals surface area contributed by atoms with Crippen molar-refractivity contribution in [3.05, 3.63) is 90.0 Å². The Balaban J connectivity index is 1.58. The van der Waals surface area contributed by atoms with Crippen molar-refractivity contribution in [3.63, 3.8) is 0 Å². The van der Waals surface area contributed by atoms with Crippen molar-refractivity contribution >= 4 is 46.8 Å². The highest BCUT2D eigenvalue weighted by atomic mass is 35.5. The summed E-state index contributed by atoms with van der Waals surface area (Å²) in [7, 11) is 0. The van der Waals surface area contributed by atoms with Crippen molar-refractivity contribution in [2.75, 3.05) is 24.7 Å². The van der Waals surface area contributed by atoms with Gasteiger partial charge in [0.1, 0.15) is 6.04 Å². The molecule has 2 aromatic carbocycles. The molecule has 0 saturated carbocycles. The molecule has 3 aliphatic rings. The first-order valence-corrected chi connectivity index (χ1v) is 16.9. The molecule has 9 heteroatoms. The Kier molecular flexibility index (Phi) is 10.2. The number of rotatable bonds is 14. The second-order valence-electron chi connectivity index (χ2n) is 12.6. The summed E-state index contributed by atoms with van der Waals surface area (Å²) in [6.07, 6.45) is 7.53. The number of carbonyl (C=O) groups excluding carboxylic acids is 3. The third kappa shape index (κ3) is 5.97. The van der Waals surface area contributed by atoms with E-state index >= 15 is 4.79 Å². The smallest absolute Gasteiger partial charge is 0.311 e. The largest absolute Gasteiger partial charge is 0.465 e. The van der Waals surface area contributed by atoms with E-state index in [9.17, 15) is 14.7 Å². The molecule has 240 valence electrons. The summed E-state index contributed by atoms with van der Waals surface area (Å²) in [6, 6.07) is 13.5. The maximum Gasteiger partial charge on any atom is 0.311 e. The number of amides is 2. The molecular weight excluding hydrogens is 608 g/mol. The fourth-order valence-electron chi connectivity index (χ4n) is 7.72. The number of allylic oxidation sites excluding steroid dienone is 1. The van der Waals surface area contributed by atoms with Crippen LogP contribution in [-0.2, 0) is 25.5 Å². The topological polar surface area (TPSA) is 87.1 Å². The molecule has 7 nitrogen and oxygen atoms in total. The first-order chi connectivity index (χ1) is 21.6. The number of esters is 1. The molecule has 1 N–H and O–H groups in total. The number of carbonyl (C=O) groups is 3. The molecule has 0 radical (unpaired) electrons. The highest BCUT2D eigenvalue weighted by Gasteiger charge is 2.78. The molecule has 2 amide bonds. The number of aliphatic hydroxyl groups excluding tert-OH is 1. The summed E-state index contributed by atoms with van der Waals surface area (Å²) in [5, 5.41) is 11.2. The molecule has 6 atom stereocenters. The van der Waals surface area contributed by atoms with Crippen molar-refractivity contribution in [3.8, 4) is 0 Å². The predicted molar refractivity (Wildman–Crippen MR) is 180 cm³/mol. The number of anilines is 1. The van der Waals surface area contributed by atoms with Crippen LogP contribution in [0.3, 0.4) is 0 Å². The first-order valence-electron chi connectivity index (χ1n) is 15.8. The van der Waals surface area contributed by atoms with E-state index in [-0.39, 0.29) is 37.5 Å². The molecule has 0 aromatic heterocycles. The van der Waals surface area contributed by atoms with Gasteiger partial charge in [-0.25, -0.2) is 0 Å². The first kappa shape index (κ1) is 33.3. The Morgan fingerprint density at radius 1 is 1.16 bits per heavy atom. The van der Waals surface area contributed by atoms with Crippen LogP contribution in [0.5, 0.6) is 0 Å². The average molecular weight is 651 g/mol. The number of ether oxygens (including phenoxy) is 1. The summed E-state index contributed by atoms with van der Waals surface area (Å²) in [5.41, 5.74) is 2.33. The van der Waals surface area contributed by atoms with Crippen LogP contribution in [0.15, 0.2) is 73.8 Å². The van der Waals surface area contributed by atoms with Gasteiger partial charge in [-0.15, -0.1) is 24.9 Å². The van der Waals surface area contributed by atoms with Crippen molar-refractivity contribution < 1.29 is 24.2 Å². The molecule has 3 heterocycles. The Bertz CT molecular complexity index is 1430. The monoisotopic (exact) mass is 650 g/mol. The Morgan fingerprint density at radius 3 is 2.58 bits per heavy atom. The average Bonchev–Trinajstić information content (AvgIpc) is 3.60.